The van der Waals surface area contributed by atoms with Crippen molar-refractivity contribution in [3.05, 3.63) is 0 Å². The maximum absolute atomic E-state index is 9.20. The summed E-state index contributed by atoms with van der Waals surface area (Å²) in [6.07, 6.45) is 3.64. The van der Waals surface area contributed by atoms with Crippen LogP contribution in [0.3, 0.4) is 0 Å². The summed E-state index contributed by atoms with van der Waals surface area (Å²) in [4.78, 5) is 0. The normalized spacial score (nSPS) is 13.2. The quantitative estimate of drug-likeness (QED) is 0.432. The first-order chi connectivity index (χ1) is 5.81. The zero-order valence-electron chi connectivity index (χ0n) is 7.83. The molecule has 0 amide bonds. The van der Waals surface area contributed by atoms with Gasteiger partial charge in [0, 0.05) is 13.2 Å². The third kappa shape index (κ3) is 7.98. The Morgan fingerprint density at radius 3 is 2.58 bits per heavy atom. The standard InChI is InChI=1S/C9H20O3/c1-2-3-8-12-9(11)6-4-5-7-10/h9-11H,2-8H2,1H3. The van der Waals surface area contributed by atoms with Gasteiger partial charge in [0.15, 0.2) is 6.29 Å². The van der Waals surface area contributed by atoms with Crippen LogP contribution in [0.15, 0.2) is 0 Å². The number of ether oxygens (including phenoxy) is 1. The molecule has 0 heterocycles. The minimum atomic E-state index is -0.636. The molecular weight excluding hydrogens is 156 g/mol. The van der Waals surface area contributed by atoms with Crippen LogP contribution in [0.5, 0.6) is 0 Å². The molecule has 2 N–H and O–H groups in total. The van der Waals surface area contributed by atoms with Crippen molar-refractivity contribution in [1.82, 2.24) is 0 Å². The van der Waals surface area contributed by atoms with E-state index in [4.69, 9.17) is 9.84 Å². The second-order valence-electron chi connectivity index (χ2n) is 2.90. The maximum atomic E-state index is 9.20. The monoisotopic (exact) mass is 176 g/mol. The highest BCUT2D eigenvalue weighted by atomic mass is 16.6. The molecule has 1 unspecified atom stereocenters. The maximum Gasteiger partial charge on any atom is 0.154 e. The number of aliphatic hydroxyl groups excluding tert-OH is 2. The summed E-state index contributed by atoms with van der Waals surface area (Å²) in [5.41, 5.74) is 0. The van der Waals surface area contributed by atoms with Crippen molar-refractivity contribution in [3.8, 4) is 0 Å². The van der Waals surface area contributed by atoms with Gasteiger partial charge in [0.2, 0.25) is 0 Å². The summed E-state index contributed by atoms with van der Waals surface area (Å²) < 4.78 is 5.10. The second kappa shape index (κ2) is 8.97. The van der Waals surface area contributed by atoms with Crippen LogP contribution in [0.25, 0.3) is 0 Å². The first kappa shape index (κ1) is 11.9. The van der Waals surface area contributed by atoms with E-state index in [-0.39, 0.29) is 6.61 Å². The van der Waals surface area contributed by atoms with E-state index >= 15 is 0 Å². The summed E-state index contributed by atoms with van der Waals surface area (Å²) in [6, 6.07) is 0. The Hall–Kier alpha value is -0.120. The summed E-state index contributed by atoms with van der Waals surface area (Å²) in [6.45, 7) is 2.92. The van der Waals surface area contributed by atoms with Crippen LogP contribution >= 0.6 is 0 Å². The van der Waals surface area contributed by atoms with Gasteiger partial charge >= 0.3 is 0 Å². The zero-order valence-corrected chi connectivity index (χ0v) is 7.83. The SMILES string of the molecule is CCCCOC(O)CCCCO. The highest BCUT2D eigenvalue weighted by molar-refractivity contribution is 4.44. The molecule has 0 bridgehead atoms. The molecule has 0 aliphatic heterocycles. The third-order valence-electron chi connectivity index (χ3n) is 1.67. The molecule has 3 heteroatoms. The van der Waals surface area contributed by atoms with Crippen LogP contribution in [0, 0.1) is 0 Å². The lowest BCUT2D eigenvalue weighted by Gasteiger charge is -2.10. The Labute approximate surface area is 74.4 Å². The Bertz CT molecular complexity index is 75.8. The predicted molar refractivity (Wildman–Crippen MR) is 47.8 cm³/mol. The van der Waals surface area contributed by atoms with Gasteiger partial charge in [-0.3, -0.25) is 0 Å². The molecule has 1 atom stereocenters. The average Bonchev–Trinajstić information content (AvgIpc) is 2.06. The van der Waals surface area contributed by atoms with Crippen molar-refractivity contribution < 1.29 is 14.9 Å². The van der Waals surface area contributed by atoms with E-state index in [2.05, 4.69) is 6.92 Å². The van der Waals surface area contributed by atoms with Gasteiger partial charge in [0.05, 0.1) is 0 Å². The van der Waals surface area contributed by atoms with Crippen molar-refractivity contribution >= 4 is 0 Å². The van der Waals surface area contributed by atoms with Gasteiger partial charge in [-0.2, -0.15) is 0 Å². The first-order valence-electron chi connectivity index (χ1n) is 4.71. The van der Waals surface area contributed by atoms with Crippen LogP contribution in [-0.4, -0.2) is 29.7 Å². The van der Waals surface area contributed by atoms with E-state index < -0.39 is 6.29 Å². The minimum Gasteiger partial charge on any atom is -0.396 e. The largest absolute Gasteiger partial charge is 0.396 e. The predicted octanol–water partition coefficient (Wildman–Crippen LogP) is 1.28. The number of unbranched alkanes of at least 4 members (excludes halogenated alkanes) is 2. The topological polar surface area (TPSA) is 49.7 Å². The fraction of sp³-hybridized carbons (Fsp3) is 1.00. The molecule has 0 aromatic rings. The lowest BCUT2D eigenvalue weighted by atomic mass is 10.2. The molecule has 0 spiro atoms. The van der Waals surface area contributed by atoms with Crippen LogP contribution in [0.2, 0.25) is 0 Å². The highest BCUT2D eigenvalue weighted by Crippen LogP contribution is 2.02. The Morgan fingerprint density at radius 2 is 2.00 bits per heavy atom. The van der Waals surface area contributed by atoms with Crippen molar-refractivity contribution in [2.24, 2.45) is 0 Å². The second-order valence-corrected chi connectivity index (χ2v) is 2.90. The van der Waals surface area contributed by atoms with Gasteiger partial charge in [-0.25, -0.2) is 0 Å². The Balaban J connectivity index is 3.04. The van der Waals surface area contributed by atoms with Gasteiger partial charge in [-0.05, 0) is 25.7 Å². The molecule has 0 saturated heterocycles. The van der Waals surface area contributed by atoms with Gasteiger partial charge < -0.3 is 14.9 Å². The summed E-state index contributed by atoms with van der Waals surface area (Å²) in [5.74, 6) is 0. The molecule has 0 aliphatic carbocycles. The first-order valence-corrected chi connectivity index (χ1v) is 4.71. The number of rotatable bonds is 8. The lowest BCUT2D eigenvalue weighted by Crippen LogP contribution is -2.12. The van der Waals surface area contributed by atoms with Crippen molar-refractivity contribution in [1.29, 1.82) is 0 Å². The van der Waals surface area contributed by atoms with E-state index in [9.17, 15) is 5.11 Å². The lowest BCUT2D eigenvalue weighted by molar-refractivity contribution is -0.105. The average molecular weight is 176 g/mol. The van der Waals surface area contributed by atoms with Gasteiger partial charge in [0.25, 0.3) is 0 Å². The van der Waals surface area contributed by atoms with Crippen LogP contribution < -0.4 is 0 Å². The van der Waals surface area contributed by atoms with E-state index in [1.807, 2.05) is 0 Å². The third-order valence-corrected chi connectivity index (χ3v) is 1.67. The number of aliphatic hydroxyl groups is 2. The number of hydrogen-bond acceptors (Lipinski definition) is 3. The van der Waals surface area contributed by atoms with Crippen LogP contribution in [-0.2, 0) is 4.74 Å². The van der Waals surface area contributed by atoms with Gasteiger partial charge in [-0.15, -0.1) is 0 Å². The molecule has 0 aliphatic rings. The molecule has 3 nitrogen and oxygen atoms in total. The van der Waals surface area contributed by atoms with Crippen molar-refractivity contribution in [3.63, 3.8) is 0 Å². The fourth-order valence-electron chi connectivity index (χ4n) is 0.878. The van der Waals surface area contributed by atoms with Crippen molar-refractivity contribution in [2.45, 2.75) is 45.3 Å². The molecule has 0 fully saturated rings. The Morgan fingerprint density at radius 1 is 1.25 bits per heavy atom. The Kier molecular flexibility index (Phi) is 8.88. The summed E-state index contributed by atoms with van der Waals surface area (Å²) >= 11 is 0. The van der Waals surface area contributed by atoms with Gasteiger partial charge in [-0.1, -0.05) is 13.3 Å². The molecule has 12 heavy (non-hydrogen) atoms. The van der Waals surface area contributed by atoms with E-state index in [0.717, 1.165) is 25.7 Å². The fourth-order valence-corrected chi connectivity index (χ4v) is 0.878. The minimum absolute atomic E-state index is 0.196. The van der Waals surface area contributed by atoms with Gasteiger partial charge in [0.1, 0.15) is 0 Å². The molecule has 0 saturated carbocycles. The molecule has 0 aromatic heterocycles. The molecule has 74 valence electrons. The highest BCUT2D eigenvalue weighted by Gasteiger charge is 2.01. The summed E-state index contributed by atoms with van der Waals surface area (Å²) in [5, 5.41) is 17.7. The van der Waals surface area contributed by atoms with E-state index in [0.29, 0.717) is 13.0 Å². The molecular formula is C9H20O3. The molecule has 0 rings (SSSR count). The van der Waals surface area contributed by atoms with Crippen molar-refractivity contribution in [2.75, 3.05) is 13.2 Å². The van der Waals surface area contributed by atoms with E-state index in [1.165, 1.54) is 0 Å². The molecule has 0 aromatic carbocycles. The molecule has 0 radical (unpaired) electrons. The van der Waals surface area contributed by atoms with E-state index in [1.54, 1.807) is 0 Å². The smallest absolute Gasteiger partial charge is 0.154 e. The zero-order chi connectivity index (χ0) is 9.23. The summed E-state index contributed by atoms with van der Waals surface area (Å²) in [7, 11) is 0. The van der Waals surface area contributed by atoms with Crippen LogP contribution in [0.1, 0.15) is 39.0 Å². The van der Waals surface area contributed by atoms with Crippen LogP contribution in [0.4, 0.5) is 0 Å². The number of hydrogen-bond donors (Lipinski definition) is 2.